The lowest BCUT2D eigenvalue weighted by atomic mass is 9.93. The number of hydrogen-bond donors (Lipinski definition) is 0. The number of rotatable bonds is 6. The predicted octanol–water partition coefficient (Wildman–Crippen LogP) is 10.0. The third-order valence-electron chi connectivity index (χ3n) is 7.32. The van der Waals surface area contributed by atoms with E-state index in [1.54, 1.807) is 0 Å². The molecular weight excluding hydrogens is 700 g/mol. The van der Waals surface area contributed by atoms with Crippen LogP contribution in [0.15, 0.2) is 60.7 Å². The Hall–Kier alpha value is -1.34. The minimum absolute atomic E-state index is 0.0929. The van der Waals surface area contributed by atoms with Crippen LogP contribution in [0, 0.1) is 0 Å². The van der Waals surface area contributed by atoms with Crippen molar-refractivity contribution in [3.63, 3.8) is 0 Å². The highest BCUT2D eigenvalue weighted by molar-refractivity contribution is 9.12. The zero-order chi connectivity index (χ0) is 24.4. The van der Waals surface area contributed by atoms with Crippen molar-refractivity contribution >= 4 is 96.8 Å². The van der Waals surface area contributed by atoms with Crippen LogP contribution in [0.2, 0.25) is 0 Å². The van der Waals surface area contributed by atoms with Gasteiger partial charge in [-0.05, 0) is 50.2 Å². The van der Waals surface area contributed by atoms with E-state index in [1.165, 1.54) is 33.0 Å². The van der Waals surface area contributed by atoms with Gasteiger partial charge < -0.3 is 0 Å². The van der Waals surface area contributed by atoms with Gasteiger partial charge in [-0.1, -0.05) is 124 Å². The average molecular weight is 720 g/mol. The molecule has 0 saturated carbocycles. The van der Waals surface area contributed by atoms with Crippen molar-refractivity contribution in [2.45, 2.75) is 38.6 Å². The van der Waals surface area contributed by atoms with Gasteiger partial charge in [0.15, 0.2) is 11.6 Å². The first-order valence-corrected chi connectivity index (χ1v) is 15.3. The first-order valence-electron chi connectivity index (χ1n) is 11.6. The summed E-state index contributed by atoms with van der Waals surface area (Å²) in [5, 5.41) is 4.34. The van der Waals surface area contributed by atoms with Crippen LogP contribution in [0.1, 0.15) is 81.5 Å². The molecule has 0 amide bonds. The van der Waals surface area contributed by atoms with E-state index in [4.69, 9.17) is 0 Å². The summed E-state index contributed by atoms with van der Waals surface area (Å²) in [6, 6.07) is 20.4. The van der Waals surface area contributed by atoms with Gasteiger partial charge >= 0.3 is 0 Å². The second kappa shape index (κ2) is 9.20. The van der Waals surface area contributed by atoms with Crippen molar-refractivity contribution in [3.05, 3.63) is 94.0 Å². The molecule has 6 rings (SSSR count). The smallest absolute Gasteiger partial charge is 0.163 e. The molecule has 2 nitrogen and oxygen atoms in total. The maximum absolute atomic E-state index is 13.2. The zero-order valence-corrected chi connectivity index (χ0v) is 24.9. The van der Waals surface area contributed by atoms with Gasteiger partial charge in [0.2, 0.25) is 0 Å². The molecule has 0 N–H and O–H groups in total. The van der Waals surface area contributed by atoms with Crippen LogP contribution in [0.25, 0.3) is 21.5 Å². The minimum atomic E-state index is 0.0929. The van der Waals surface area contributed by atoms with Crippen molar-refractivity contribution < 1.29 is 9.59 Å². The lowest BCUT2D eigenvalue weighted by Gasteiger charge is -2.10. The fourth-order valence-electron chi connectivity index (χ4n) is 5.64. The van der Waals surface area contributed by atoms with Crippen LogP contribution in [0.5, 0.6) is 0 Å². The second-order valence-electron chi connectivity index (χ2n) is 9.25. The molecule has 0 aliphatic heterocycles. The SMILES string of the molecule is O=C(CCCC(=O)c1ccc2c3c(cccc13)C(Br)C2Br)c1ccc2c3c(cccc13)C(Br)C2Br. The Morgan fingerprint density at radius 1 is 0.543 bits per heavy atom. The molecule has 0 aromatic heterocycles. The Morgan fingerprint density at radius 3 is 1.31 bits per heavy atom. The highest BCUT2D eigenvalue weighted by Crippen LogP contribution is 2.54. The fourth-order valence-corrected chi connectivity index (χ4v) is 8.31. The molecule has 35 heavy (non-hydrogen) atoms. The summed E-state index contributed by atoms with van der Waals surface area (Å²) >= 11 is 15.1. The fraction of sp³-hybridized carbons (Fsp3) is 0.241. The Kier molecular flexibility index (Phi) is 6.31. The minimum Gasteiger partial charge on any atom is -0.294 e. The van der Waals surface area contributed by atoms with E-state index >= 15 is 0 Å². The normalized spacial score (nSPS) is 22.3. The van der Waals surface area contributed by atoms with Gasteiger partial charge in [0.25, 0.3) is 0 Å². The zero-order valence-electron chi connectivity index (χ0n) is 18.5. The number of benzene rings is 4. The van der Waals surface area contributed by atoms with Crippen LogP contribution in [0.3, 0.4) is 0 Å². The second-order valence-corrected chi connectivity index (χ2v) is 13.2. The summed E-state index contributed by atoms with van der Waals surface area (Å²) < 4.78 is 0. The molecule has 6 heteroatoms. The molecule has 176 valence electrons. The first-order chi connectivity index (χ1) is 16.9. The molecule has 4 aromatic carbocycles. The summed E-state index contributed by atoms with van der Waals surface area (Å²) in [7, 11) is 0. The topological polar surface area (TPSA) is 34.1 Å². The van der Waals surface area contributed by atoms with Crippen molar-refractivity contribution in [1.82, 2.24) is 0 Å². The molecule has 0 saturated heterocycles. The quantitative estimate of drug-likeness (QED) is 0.147. The van der Waals surface area contributed by atoms with E-state index in [0.717, 1.165) is 21.9 Å². The summed E-state index contributed by atoms with van der Waals surface area (Å²) in [6.45, 7) is 0. The van der Waals surface area contributed by atoms with Gasteiger partial charge in [0.05, 0.1) is 19.3 Å². The number of Topliss-reactive ketones (excluding diaryl/α,β-unsaturated/α-hetero) is 2. The van der Waals surface area contributed by atoms with E-state index in [1.807, 2.05) is 36.4 Å². The van der Waals surface area contributed by atoms with Crippen molar-refractivity contribution in [2.24, 2.45) is 0 Å². The number of hydrogen-bond acceptors (Lipinski definition) is 2. The summed E-state index contributed by atoms with van der Waals surface area (Å²) in [5.74, 6) is 0.186. The van der Waals surface area contributed by atoms with E-state index in [2.05, 4.69) is 88.0 Å². The summed E-state index contributed by atoms with van der Waals surface area (Å²) in [5.41, 5.74) is 6.36. The number of alkyl halides is 4. The predicted molar refractivity (Wildman–Crippen MR) is 157 cm³/mol. The molecule has 2 aliphatic rings. The van der Waals surface area contributed by atoms with Gasteiger partial charge in [-0.15, -0.1) is 0 Å². The van der Waals surface area contributed by atoms with Gasteiger partial charge in [-0.25, -0.2) is 0 Å². The highest BCUT2D eigenvalue weighted by atomic mass is 79.9. The highest BCUT2D eigenvalue weighted by Gasteiger charge is 2.33. The molecule has 0 heterocycles. The first kappa shape index (κ1) is 24.0. The molecule has 4 atom stereocenters. The van der Waals surface area contributed by atoms with Crippen molar-refractivity contribution in [3.8, 4) is 0 Å². The van der Waals surface area contributed by atoms with E-state index in [-0.39, 0.29) is 30.9 Å². The Labute approximate surface area is 237 Å². The largest absolute Gasteiger partial charge is 0.294 e. The number of ketones is 2. The van der Waals surface area contributed by atoms with E-state index < -0.39 is 0 Å². The molecule has 4 unspecified atom stereocenters. The Bertz CT molecular complexity index is 1400. The van der Waals surface area contributed by atoms with E-state index in [0.29, 0.717) is 19.3 Å². The molecule has 0 radical (unpaired) electrons. The molecular formula is C29H20Br4O2. The Balaban J connectivity index is 1.22. The number of carbonyl (C=O) groups is 2. The molecule has 2 aliphatic carbocycles. The van der Waals surface area contributed by atoms with Crippen LogP contribution >= 0.6 is 63.7 Å². The average Bonchev–Trinajstić information content (AvgIpc) is 3.27. The summed E-state index contributed by atoms with van der Waals surface area (Å²) in [4.78, 5) is 27.2. The monoisotopic (exact) mass is 716 g/mol. The number of halogens is 4. The lowest BCUT2D eigenvalue weighted by Crippen LogP contribution is -2.05. The van der Waals surface area contributed by atoms with Crippen molar-refractivity contribution in [2.75, 3.05) is 0 Å². The lowest BCUT2D eigenvalue weighted by molar-refractivity contribution is 0.0959. The van der Waals surface area contributed by atoms with Gasteiger partial charge in [-0.2, -0.15) is 0 Å². The van der Waals surface area contributed by atoms with Gasteiger partial charge in [0, 0.05) is 24.0 Å². The van der Waals surface area contributed by atoms with Crippen LogP contribution in [-0.2, 0) is 0 Å². The molecule has 0 spiro atoms. The molecule has 0 fully saturated rings. The third-order valence-corrected chi connectivity index (χ3v) is 12.8. The van der Waals surface area contributed by atoms with Crippen molar-refractivity contribution in [1.29, 1.82) is 0 Å². The third kappa shape index (κ3) is 3.74. The Morgan fingerprint density at radius 2 is 0.914 bits per heavy atom. The van der Waals surface area contributed by atoms with Crippen LogP contribution < -0.4 is 0 Å². The van der Waals surface area contributed by atoms with Gasteiger partial charge in [-0.3, -0.25) is 9.59 Å². The standard InChI is InChI=1S/C29H20Br4O2/c30-26-18-6-1-4-16-14(10-12-20(24(16)18)28(26)32)22(34)8-3-9-23(35)15-11-13-21-25-17(15)5-2-7-19(25)27(31)29(21)33/h1-2,4-7,10-13,26-29H,3,8-9H2. The van der Waals surface area contributed by atoms with Gasteiger partial charge in [0.1, 0.15) is 0 Å². The van der Waals surface area contributed by atoms with Crippen LogP contribution in [0.4, 0.5) is 0 Å². The van der Waals surface area contributed by atoms with E-state index in [9.17, 15) is 9.59 Å². The molecule has 4 aromatic rings. The maximum Gasteiger partial charge on any atom is 0.163 e. The summed E-state index contributed by atoms with van der Waals surface area (Å²) in [6.07, 6.45) is 1.25. The number of carbonyl (C=O) groups excluding carboxylic acids is 2. The molecule has 0 bridgehead atoms. The maximum atomic E-state index is 13.2. The van der Waals surface area contributed by atoms with Crippen LogP contribution in [-0.4, -0.2) is 11.6 Å².